The van der Waals surface area contributed by atoms with Crippen LogP contribution in [0.25, 0.3) is 0 Å². The molecule has 2 aliphatic heterocycles. The lowest BCUT2D eigenvalue weighted by atomic mass is 9.80. The van der Waals surface area contributed by atoms with Crippen molar-refractivity contribution in [3.63, 3.8) is 0 Å². The van der Waals surface area contributed by atoms with Gasteiger partial charge in [-0.2, -0.15) is 0 Å². The average Bonchev–Trinajstić information content (AvgIpc) is 2.98. The van der Waals surface area contributed by atoms with E-state index in [9.17, 15) is 18.3 Å². The molecular formula is C31H49F3N4O2. The molecule has 0 aromatic heterocycles. The summed E-state index contributed by atoms with van der Waals surface area (Å²) < 4.78 is 41.1. The number of allylic oxidation sites excluding steroid dienone is 4. The molecule has 0 aliphatic carbocycles. The molecule has 1 saturated heterocycles. The number of likely N-dealkylation sites (tertiary alicyclic amines) is 1. The minimum absolute atomic E-state index is 0.324. The van der Waals surface area contributed by atoms with Crippen LogP contribution in [-0.2, 0) is 0 Å². The maximum atomic E-state index is 13.1. The van der Waals surface area contributed by atoms with Gasteiger partial charge in [0.2, 0.25) is 6.43 Å². The normalized spacial score (nSPS) is 19.5. The lowest BCUT2D eigenvalue weighted by molar-refractivity contribution is -0.0385. The summed E-state index contributed by atoms with van der Waals surface area (Å²) in [6.45, 7) is 15.7. The highest BCUT2D eigenvalue weighted by Gasteiger charge is 2.45. The van der Waals surface area contributed by atoms with Gasteiger partial charge >= 0.3 is 0 Å². The van der Waals surface area contributed by atoms with Gasteiger partial charge < -0.3 is 25.8 Å². The molecule has 2 heterocycles. The number of piperidine rings is 1. The fourth-order valence-corrected chi connectivity index (χ4v) is 5.31. The first-order valence-corrected chi connectivity index (χ1v) is 14.0. The fourth-order valence-electron chi connectivity index (χ4n) is 5.31. The van der Waals surface area contributed by atoms with E-state index in [1.165, 1.54) is 0 Å². The predicted molar refractivity (Wildman–Crippen MR) is 162 cm³/mol. The highest BCUT2D eigenvalue weighted by molar-refractivity contribution is 5.79. The molecule has 0 bridgehead atoms. The highest BCUT2D eigenvalue weighted by atomic mass is 19.3. The number of nitrogens with zero attached hydrogens (tertiary/aromatic N) is 2. The summed E-state index contributed by atoms with van der Waals surface area (Å²) in [4.78, 5) is 4.32. The Kier molecular flexibility index (Phi) is 14.9. The lowest BCUT2D eigenvalue weighted by Gasteiger charge is -2.52. The van der Waals surface area contributed by atoms with Gasteiger partial charge in [-0.3, -0.25) is 9.29 Å². The van der Waals surface area contributed by atoms with Crippen LogP contribution in [0.3, 0.4) is 0 Å². The van der Waals surface area contributed by atoms with Crippen LogP contribution < -0.4 is 20.7 Å². The van der Waals surface area contributed by atoms with Crippen molar-refractivity contribution >= 4 is 11.4 Å². The van der Waals surface area contributed by atoms with Crippen molar-refractivity contribution in [1.82, 2.24) is 4.90 Å². The first-order chi connectivity index (χ1) is 19.2. The van der Waals surface area contributed by atoms with Crippen molar-refractivity contribution in [3.05, 3.63) is 66.0 Å². The van der Waals surface area contributed by atoms with Crippen LogP contribution >= 0.6 is 0 Å². The first-order valence-electron chi connectivity index (χ1n) is 14.0. The van der Waals surface area contributed by atoms with E-state index in [1.807, 2.05) is 43.9 Å². The van der Waals surface area contributed by atoms with Crippen LogP contribution in [0.5, 0.6) is 5.75 Å². The average molecular weight is 567 g/mol. The summed E-state index contributed by atoms with van der Waals surface area (Å²) in [6.07, 6.45) is 4.98. The van der Waals surface area contributed by atoms with Crippen LogP contribution in [0.1, 0.15) is 53.9 Å². The Morgan fingerprint density at radius 2 is 1.88 bits per heavy atom. The quantitative estimate of drug-likeness (QED) is 0.284. The molecule has 1 aromatic carbocycles. The van der Waals surface area contributed by atoms with Crippen molar-refractivity contribution in [2.75, 3.05) is 44.1 Å². The second-order valence-electron chi connectivity index (χ2n) is 9.46. The number of ether oxygens (including phenoxy) is 1. The number of aliphatic hydroxyl groups is 1. The van der Waals surface area contributed by atoms with E-state index in [0.29, 0.717) is 31.5 Å². The Morgan fingerprint density at radius 3 is 2.38 bits per heavy atom. The van der Waals surface area contributed by atoms with Crippen LogP contribution in [0.2, 0.25) is 0 Å². The predicted octanol–water partition coefficient (Wildman–Crippen LogP) is 6.86. The van der Waals surface area contributed by atoms with Crippen LogP contribution in [0.15, 0.2) is 66.0 Å². The molecular weight excluding hydrogens is 517 g/mol. The standard InChI is InChI=1S/C28H40F2N4O2.C2H6.CH3F/c1-6-9-25-28(32-23-18-21(36-5)10-11-24(23)34(25)8-3)12-14-33(15-13-28)27(35)19(4)16-20(17-26(29)30)22(31)7-2;2*1-2/h6-7,9-11,16,18-19,26-27,32,35H,1,8,12-15,17,31H2,2-5H3;1-2H3;1H3/b20-16-,22-7+,25-9-;;. The van der Waals surface area contributed by atoms with E-state index in [2.05, 4.69) is 35.9 Å². The Balaban J connectivity index is 0.00000191. The number of nitrogens with one attached hydrogen (secondary N) is 1. The molecule has 3 rings (SSSR count). The minimum atomic E-state index is -2.50. The molecule has 0 saturated carbocycles. The van der Waals surface area contributed by atoms with Gasteiger partial charge in [-0.05, 0) is 50.5 Å². The van der Waals surface area contributed by atoms with Crippen molar-refractivity contribution < 1.29 is 23.0 Å². The fraction of sp³-hybridized carbons (Fsp3) is 0.548. The van der Waals surface area contributed by atoms with Crippen molar-refractivity contribution in [1.29, 1.82) is 0 Å². The number of aliphatic hydroxyl groups excluding tert-OH is 1. The van der Waals surface area contributed by atoms with Gasteiger partial charge in [-0.1, -0.05) is 45.6 Å². The molecule has 40 heavy (non-hydrogen) atoms. The van der Waals surface area contributed by atoms with Gasteiger partial charge in [0.05, 0.1) is 31.2 Å². The van der Waals surface area contributed by atoms with Crippen LogP contribution in [0, 0.1) is 5.92 Å². The number of hydrogen-bond acceptors (Lipinski definition) is 6. The maximum absolute atomic E-state index is 13.1. The molecule has 0 radical (unpaired) electrons. The lowest BCUT2D eigenvalue weighted by Crippen LogP contribution is -2.58. The molecule has 2 atom stereocenters. The molecule has 2 unspecified atom stereocenters. The number of hydrogen-bond donors (Lipinski definition) is 3. The monoisotopic (exact) mass is 566 g/mol. The number of fused-ring (bicyclic) bond motifs is 1. The number of halogens is 3. The molecule has 2 aliphatic rings. The summed E-state index contributed by atoms with van der Waals surface area (Å²) in [5.74, 6) is 0.433. The molecule has 9 heteroatoms. The smallest absolute Gasteiger partial charge is 0.242 e. The van der Waals surface area contributed by atoms with Gasteiger partial charge in [0, 0.05) is 49.4 Å². The summed E-state index contributed by atoms with van der Waals surface area (Å²) >= 11 is 0. The minimum Gasteiger partial charge on any atom is -0.497 e. The van der Waals surface area contributed by atoms with E-state index in [4.69, 9.17) is 10.5 Å². The zero-order valence-corrected chi connectivity index (χ0v) is 25.2. The van der Waals surface area contributed by atoms with E-state index in [-0.39, 0.29) is 11.5 Å². The van der Waals surface area contributed by atoms with E-state index >= 15 is 0 Å². The van der Waals surface area contributed by atoms with E-state index in [0.717, 1.165) is 42.2 Å². The largest absolute Gasteiger partial charge is 0.497 e. The van der Waals surface area contributed by atoms with Gasteiger partial charge in [0.1, 0.15) is 12.0 Å². The Hall–Kier alpha value is -2.91. The Bertz CT molecular complexity index is 1020. The van der Waals surface area contributed by atoms with Crippen LogP contribution in [-0.4, -0.2) is 62.1 Å². The third kappa shape index (κ3) is 8.30. The Labute approximate surface area is 239 Å². The van der Waals surface area contributed by atoms with Crippen molar-refractivity contribution in [2.45, 2.75) is 72.1 Å². The zero-order valence-electron chi connectivity index (χ0n) is 25.2. The van der Waals surface area contributed by atoms with Gasteiger partial charge in [0.15, 0.2) is 0 Å². The third-order valence-electron chi connectivity index (χ3n) is 7.26. The second kappa shape index (κ2) is 17.0. The van der Waals surface area contributed by atoms with Crippen molar-refractivity contribution in [3.8, 4) is 5.75 Å². The summed E-state index contributed by atoms with van der Waals surface area (Å²) in [6, 6.07) is 6.05. The molecule has 1 fully saturated rings. The second-order valence-corrected chi connectivity index (χ2v) is 9.46. The summed E-state index contributed by atoms with van der Waals surface area (Å²) in [7, 11) is 2.16. The molecule has 226 valence electrons. The Morgan fingerprint density at radius 1 is 1.25 bits per heavy atom. The van der Waals surface area contributed by atoms with Crippen LogP contribution in [0.4, 0.5) is 24.5 Å². The number of anilines is 2. The van der Waals surface area contributed by atoms with Crippen molar-refractivity contribution in [2.24, 2.45) is 11.7 Å². The van der Waals surface area contributed by atoms with E-state index in [1.54, 1.807) is 26.2 Å². The highest BCUT2D eigenvalue weighted by Crippen LogP contribution is 2.46. The zero-order chi connectivity index (χ0) is 30.5. The first kappa shape index (κ1) is 35.1. The molecule has 0 amide bonds. The number of methoxy groups -OCH3 is 1. The van der Waals surface area contributed by atoms with Gasteiger partial charge in [-0.15, -0.1) is 0 Å². The maximum Gasteiger partial charge on any atom is 0.242 e. The van der Waals surface area contributed by atoms with E-state index < -0.39 is 19.1 Å². The number of nitrogens with two attached hydrogens (primary N) is 1. The number of benzene rings is 1. The number of likely N-dealkylation sites (N-methyl/N-ethyl adjacent to an activating group) is 1. The third-order valence-corrected chi connectivity index (χ3v) is 7.26. The molecule has 1 aromatic rings. The SMILES string of the molecule is C=C/C=C1\N(CC)c2ccc(OC)cc2NC12CCN(C(O)C(C)/C=C(CC(F)F)\C(N)=C/C)CC2.CC.CF. The van der Waals surface area contributed by atoms with Gasteiger partial charge in [0.25, 0.3) is 0 Å². The summed E-state index contributed by atoms with van der Waals surface area (Å²) in [5, 5.41) is 14.9. The van der Waals surface area contributed by atoms with Gasteiger partial charge in [-0.25, -0.2) is 8.78 Å². The molecule has 4 N–H and O–H groups in total. The number of alkyl halides is 3. The topological polar surface area (TPSA) is 74.0 Å². The molecule has 6 nitrogen and oxygen atoms in total. The summed E-state index contributed by atoms with van der Waals surface area (Å²) in [5.41, 5.74) is 9.58. The molecule has 1 spiro atoms. The number of rotatable bonds is 9.